The van der Waals surface area contributed by atoms with Gasteiger partial charge in [0, 0.05) is 12.7 Å². The van der Waals surface area contributed by atoms with Gasteiger partial charge in [-0.25, -0.2) is 4.39 Å². The second-order valence-electron chi connectivity index (χ2n) is 2.56. The first-order valence-corrected chi connectivity index (χ1v) is 4.16. The fourth-order valence-corrected chi connectivity index (χ4v) is 1.02. The summed E-state index contributed by atoms with van der Waals surface area (Å²) in [5, 5.41) is 3.06. The fourth-order valence-electron chi connectivity index (χ4n) is 0.839. The molecule has 0 unspecified atom stereocenters. The zero-order chi connectivity index (χ0) is 9.84. The molecule has 0 fully saturated rings. The summed E-state index contributed by atoms with van der Waals surface area (Å²) in [5.74, 6) is 0.334. The second-order valence-corrected chi connectivity index (χ2v) is 2.97. The molecule has 0 spiro atoms. The van der Waals surface area contributed by atoms with Gasteiger partial charge in [-0.05, 0) is 25.1 Å². The van der Waals surface area contributed by atoms with Crippen LogP contribution in [0.2, 0.25) is 5.02 Å². The molecule has 2 nitrogen and oxygen atoms in total. The van der Waals surface area contributed by atoms with E-state index in [4.69, 9.17) is 11.6 Å². The molecule has 0 radical (unpaired) electrons. The van der Waals surface area contributed by atoms with Gasteiger partial charge in [0.2, 0.25) is 0 Å². The Morgan fingerprint density at radius 1 is 1.54 bits per heavy atom. The van der Waals surface area contributed by atoms with Crippen molar-refractivity contribution in [3.05, 3.63) is 29.0 Å². The predicted molar refractivity (Wildman–Crippen MR) is 54.1 cm³/mol. The standard InChI is InChI=1S/C9H10ClFN2/c1-6(12-2)13-7-3-4-9(11)8(10)5-7/h3-5H,1-2H3,(H,12,13). The first-order valence-electron chi connectivity index (χ1n) is 3.79. The number of aliphatic imine (C=N–C) groups is 1. The van der Waals surface area contributed by atoms with Gasteiger partial charge < -0.3 is 5.32 Å². The van der Waals surface area contributed by atoms with E-state index in [0.29, 0.717) is 0 Å². The smallest absolute Gasteiger partial charge is 0.141 e. The van der Waals surface area contributed by atoms with Crippen molar-refractivity contribution in [3.8, 4) is 0 Å². The van der Waals surface area contributed by atoms with Crippen LogP contribution >= 0.6 is 11.6 Å². The molecule has 1 rings (SSSR count). The Labute approximate surface area is 81.4 Å². The first-order chi connectivity index (χ1) is 6.13. The molecule has 0 heterocycles. The number of hydrogen-bond acceptors (Lipinski definition) is 1. The number of halogens is 2. The minimum atomic E-state index is -0.418. The lowest BCUT2D eigenvalue weighted by Gasteiger charge is -2.05. The van der Waals surface area contributed by atoms with Crippen molar-refractivity contribution in [1.82, 2.24) is 0 Å². The van der Waals surface area contributed by atoms with Gasteiger partial charge in [-0.1, -0.05) is 11.6 Å². The third-order valence-corrected chi connectivity index (χ3v) is 1.87. The lowest BCUT2D eigenvalue weighted by Crippen LogP contribution is -2.06. The minimum Gasteiger partial charge on any atom is -0.344 e. The Kier molecular flexibility index (Phi) is 3.25. The Hall–Kier alpha value is -1.09. The molecular formula is C9H10ClFN2. The third-order valence-electron chi connectivity index (χ3n) is 1.58. The van der Waals surface area contributed by atoms with Crippen LogP contribution in [-0.4, -0.2) is 12.9 Å². The number of nitrogens with one attached hydrogen (secondary N) is 1. The third kappa shape index (κ3) is 2.70. The highest BCUT2D eigenvalue weighted by Gasteiger charge is 2.00. The van der Waals surface area contributed by atoms with Crippen LogP contribution in [0.1, 0.15) is 6.92 Å². The van der Waals surface area contributed by atoms with Gasteiger partial charge in [-0.15, -0.1) is 0 Å². The van der Waals surface area contributed by atoms with Gasteiger partial charge in [0.25, 0.3) is 0 Å². The molecule has 0 aliphatic heterocycles. The largest absolute Gasteiger partial charge is 0.344 e. The molecule has 1 aromatic carbocycles. The van der Waals surface area contributed by atoms with E-state index in [1.54, 1.807) is 13.1 Å². The normalized spacial score (nSPS) is 11.5. The Bertz CT molecular complexity index is 336. The van der Waals surface area contributed by atoms with Crippen LogP contribution in [0.4, 0.5) is 10.1 Å². The summed E-state index contributed by atoms with van der Waals surface area (Å²) in [6.45, 7) is 1.82. The first kappa shape index (κ1) is 9.99. The van der Waals surface area contributed by atoms with E-state index in [1.165, 1.54) is 12.1 Å². The SMILES string of the molecule is CN=C(C)Nc1ccc(F)c(Cl)c1. The highest BCUT2D eigenvalue weighted by atomic mass is 35.5. The summed E-state index contributed by atoms with van der Waals surface area (Å²) >= 11 is 5.59. The quantitative estimate of drug-likeness (QED) is 0.547. The molecule has 4 heteroatoms. The van der Waals surface area contributed by atoms with Crippen LogP contribution in [0.15, 0.2) is 23.2 Å². The van der Waals surface area contributed by atoms with E-state index < -0.39 is 5.82 Å². The van der Waals surface area contributed by atoms with Crippen molar-refractivity contribution >= 4 is 23.1 Å². The molecule has 0 bridgehead atoms. The molecule has 1 N–H and O–H groups in total. The molecule has 0 aliphatic carbocycles. The van der Waals surface area contributed by atoms with Crippen LogP contribution in [0.3, 0.4) is 0 Å². The second kappa shape index (κ2) is 4.23. The molecule has 0 atom stereocenters. The monoisotopic (exact) mass is 200 g/mol. The van der Waals surface area contributed by atoms with Gasteiger partial charge in [0.05, 0.1) is 10.9 Å². The van der Waals surface area contributed by atoms with E-state index in [0.717, 1.165) is 11.5 Å². The number of benzene rings is 1. The summed E-state index contributed by atoms with van der Waals surface area (Å²) in [7, 11) is 1.67. The number of amidine groups is 1. The zero-order valence-electron chi connectivity index (χ0n) is 7.44. The van der Waals surface area contributed by atoms with E-state index in [-0.39, 0.29) is 5.02 Å². The molecule has 13 heavy (non-hydrogen) atoms. The Morgan fingerprint density at radius 3 is 2.77 bits per heavy atom. The molecular weight excluding hydrogens is 191 g/mol. The Balaban J connectivity index is 2.86. The molecule has 1 aromatic rings. The summed E-state index contributed by atoms with van der Waals surface area (Å²) in [6, 6.07) is 4.44. The number of anilines is 1. The van der Waals surface area contributed by atoms with Gasteiger partial charge in [0.15, 0.2) is 0 Å². The van der Waals surface area contributed by atoms with Crippen LogP contribution in [-0.2, 0) is 0 Å². The van der Waals surface area contributed by atoms with Gasteiger partial charge >= 0.3 is 0 Å². The molecule has 0 amide bonds. The van der Waals surface area contributed by atoms with Gasteiger partial charge in [-0.3, -0.25) is 4.99 Å². The lowest BCUT2D eigenvalue weighted by atomic mass is 10.3. The van der Waals surface area contributed by atoms with Gasteiger partial charge in [0.1, 0.15) is 5.82 Å². The molecule has 0 saturated carbocycles. The maximum absolute atomic E-state index is 12.7. The summed E-state index contributed by atoms with van der Waals surface area (Å²) < 4.78 is 12.7. The maximum Gasteiger partial charge on any atom is 0.141 e. The molecule has 70 valence electrons. The summed E-state index contributed by atoms with van der Waals surface area (Å²) in [5.41, 5.74) is 0.731. The highest BCUT2D eigenvalue weighted by Crippen LogP contribution is 2.19. The number of rotatable bonds is 1. The molecule has 0 aliphatic rings. The predicted octanol–water partition coefficient (Wildman–Crippen LogP) is 2.94. The van der Waals surface area contributed by atoms with Crippen molar-refractivity contribution in [3.63, 3.8) is 0 Å². The van der Waals surface area contributed by atoms with Crippen molar-refractivity contribution in [2.45, 2.75) is 6.92 Å². The van der Waals surface area contributed by atoms with Crippen molar-refractivity contribution in [2.75, 3.05) is 12.4 Å². The summed E-state index contributed by atoms with van der Waals surface area (Å²) in [6.07, 6.45) is 0. The fraction of sp³-hybridized carbons (Fsp3) is 0.222. The summed E-state index contributed by atoms with van der Waals surface area (Å²) in [4.78, 5) is 3.90. The van der Waals surface area contributed by atoms with Crippen molar-refractivity contribution < 1.29 is 4.39 Å². The van der Waals surface area contributed by atoms with E-state index in [1.807, 2.05) is 6.92 Å². The lowest BCUT2D eigenvalue weighted by molar-refractivity contribution is 0.628. The van der Waals surface area contributed by atoms with Crippen LogP contribution in [0.25, 0.3) is 0 Å². The van der Waals surface area contributed by atoms with E-state index >= 15 is 0 Å². The number of nitrogens with zero attached hydrogens (tertiary/aromatic N) is 1. The van der Waals surface area contributed by atoms with Crippen molar-refractivity contribution in [1.29, 1.82) is 0 Å². The molecule has 0 aromatic heterocycles. The zero-order valence-corrected chi connectivity index (χ0v) is 8.19. The van der Waals surface area contributed by atoms with Crippen LogP contribution < -0.4 is 5.32 Å². The van der Waals surface area contributed by atoms with Gasteiger partial charge in [-0.2, -0.15) is 0 Å². The Morgan fingerprint density at radius 2 is 2.23 bits per heavy atom. The highest BCUT2D eigenvalue weighted by molar-refractivity contribution is 6.31. The average molecular weight is 201 g/mol. The van der Waals surface area contributed by atoms with Crippen LogP contribution in [0.5, 0.6) is 0 Å². The number of hydrogen-bond donors (Lipinski definition) is 1. The topological polar surface area (TPSA) is 24.4 Å². The minimum absolute atomic E-state index is 0.105. The maximum atomic E-state index is 12.7. The molecule has 0 saturated heterocycles. The van der Waals surface area contributed by atoms with Crippen molar-refractivity contribution in [2.24, 2.45) is 4.99 Å². The average Bonchev–Trinajstić information content (AvgIpc) is 2.11. The van der Waals surface area contributed by atoms with E-state index in [2.05, 4.69) is 10.3 Å². The van der Waals surface area contributed by atoms with Crippen LogP contribution in [0, 0.1) is 5.82 Å². The van der Waals surface area contributed by atoms with E-state index in [9.17, 15) is 4.39 Å².